The number of hydrogen-bond acceptors (Lipinski definition) is 8. The average molecular weight is 482 g/mol. The Hall–Kier alpha value is -3.66. The standard InChI is InChI=1S/C17H14N4O9S2/c1-9-2-7-12(13(8-9)32(28,29)30)18-19-14-15(17(23)24)20-21(16(14)22)10-3-5-11(6-4-10)31(25,26)27/h2-8,20H,1H3,(H,23,24)(H,25,26,27)(H,28,29,30). The first kappa shape index (κ1) is 23.0. The number of nitrogens with zero attached hydrogens (tertiary/aromatic N) is 3. The zero-order chi connectivity index (χ0) is 23.8. The van der Waals surface area contributed by atoms with Gasteiger partial charge in [0, 0.05) is 0 Å². The van der Waals surface area contributed by atoms with E-state index in [9.17, 15) is 36.1 Å². The Bertz CT molecular complexity index is 1520. The van der Waals surface area contributed by atoms with Crippen LogP contribution in [0.25, 0.3) is 5.69 Å². The number of aryl methyl sites for hydroxylation is 1. The molecule has 0 aliphatic heterocycles. The fourth-order valence-corrected chi connectivity index (χ4v) is 3.82. The maximum Gasteiger partial charge on any atom is 0.356 e. The topological polar surface area (TPSA) is 209 Å². The van der Waals surface area contributed by atoms with Gasteiger partial charge in [0.05, 0.1) is 10.6 Å². The molecule has 13 nitrogen and oxygen atoms in total. The van der Waals surface area contributed by atoms with Crippen molar-refractivity contribution in [3.63, 3.8) is 0 Å². The predicted octanol–water partition coefficient (Wildman–Crippen LogP) is 2.08. The van der Waals surface area contributed by atoms with E-state index in [-0.39, 0.29) is 11.4 Å². The van der Waals surface area contributed by atoms with E-state index in [1.807, 2.05) is 0 Å². The summed E-state index contributed by atoms with van der Waals surface area (Å²) in [4.78, 5) is 23.2. The number of aromatic carboxylic acids is 1. The zero-order valence-corrected chi connectivity index (χ0v) is 17.6. The van der Waals surface area contributed by atoms with Gasteiger partial charge in [-0.3, -0.25) is 19.0 Å². The fraction of sp³-hybridized carbons (Fsp3) is 0.0588. The quantitative estimate of drug-likeness (QED) is 0.299. The van der Waals surface area contributed by atoms with E-state index in [2.05, 4.69) is 15.3 Å². The van der Waals surface area contributed by atoms with Crippen molar-refractivity contribution in [2.24, 2.45) is 10.2 Å². The maximum absolute atomic E-state index is 12.7. The molecule has 0 bridgehead atoms. The third-order valence-corrected chi connectivity index (χ3v) is 5.87. The van der Waals surface area contributed by atoms with Gasteiger partial charge < -0.3 is 5.11 Å². The minimum atomic E-state index is -4.68. The number of aromatic amines is 1. The van der Waals surface area contributed by atoms with Crippen molar-refractivity contribution in [3.8, 4) is 5.69 Å². The van der Waals surface area contributed by atoms with Gasteiger partial charge in [0.25, 0.3) is 25.8 Å². The molecule has 2 aromatic carbocycles. The van der Waals surface area contributed by atoms with Crippen LogP contribution < -0.4 is 5.56 Å². The average Bonchev–Trinajstić information content (AvgIpc) is 3.02. The van der Waals surface area contributed by atoms with Gasteiger partial charge in [-0.1, -0.05) is 6.07 Å². The van der Waals surface area contributed by atoms with Gasteiger partial charge >= 0.3 is 5.97 Å². The van der Waals surface area contributed by atoms with Gasteiger partial charge in [-0.05, 0) is 48.9 Å². The van der Waals surface area contributed by atoms with E-state index >= 15 is 0 Å². The Kier molecular flexibility index (Phi) is 5.84. The number of H-pyrrole nitrogens is 1. The van der Waals surface area contributed by atoms with Gasteiger partial charge in [-0.15, -0.1) is 10.2 Å². The number of azo groups is 1. The molecule has 1 aromatic heterocycles. The molecule has 1 heterocycles. The lowest BCUT2D eigenvalue weighted by Gasteiger charge is -2.02. The van der Waals surface area contributed by atoms with Gasteiger partial charge in [0.1, 0.15) is 10.6 Å². The maximum atomic E-state index is 12.7. The van der Waals surface area contributed by atoms with E-state index in [1.54, 1.807) is 6.92 Å². The van der Waals surface area contributed by atoms with Crippen LogP contribution in [0.5, 0.6) is 0 Å². The molecule has 3 rings (SSSR count). The number of rotatable bonds is 6. The number of aromatic nitrogens is 2. The Morgan fingerprint density at radius 2 is 1.59 bits per heavy atom. The highest BCUT2D eigenvalue weighted by Crippen LogP contribution is 2.27. The summed E-state index contributed by atoms with van der Waals surface area (Å²) in [6.07, 6.45) is 0. The molecule has 4 N–H and O–H groups in total. The van der Waals surface area contributed by atoms with E-state index < -0.39 is 52.9 Å². The van der Waals surface area contributed by atoms with Crippen molar-refractivity contribution in [3.05, 3.63) is 64.1 Å². The molecule has 0 radical (unpaired) electrons. The van der Waals surface area contributed by atoms with Crippen LogP contribution in [-0.2, 0) is 20.2 Å². The Morgan fingerprint density at radius 1 is 0.969 bits per heavy atom. The summed E-state index contributed by atoms with van der Waals surface area (Å²) >= 11 is 0. The largest absolute Gasteiger partial charge is 0.476 e. The van der Waals surface area contributed by atoms with Crippen molar-refractivity contribution in [1.29, 1.82) is 0 Å². The monoisotopic (exact) mass is 482 g/mol. The van der Waals surface area contributed by atoms with Crippen LogP contribution in [0.2, 0.25) is 0 Å². The lowest BCUT2D eigenvalue weighted by atomic mass is 10.2. The molecule has 0 atom stereocenters. The number of benzene rings is 2. The minimum Gasteiger partial charge on any atom is -0.476 e. The van der Waals surface area contributed by atoms with Crippen molar-refractivity contribution in [2.45, 2.75) is 16.7 Å². The molecule has 32 heavy (non-hydrogen) atoms. The molecular weight excluding hydrogens is 468 g/mol. The fourth-order valence-electron chi connectivity index (χ4n) is 2.63. The van der Waals surface area contributed by atoms with Crippen LogP contribution in [0.1, 0.15) is 16.1 Å². The molecule has 0 aliphatic carbocycles. The Balaban J connectivity index is 2.13. The van der Waals surface area contributed by atoms with Crippen LogP contribution in [0, 0.1) is 6.92 Å². The van der Waals surface area contributed by atoms with Gasteiger partial charge in [-0.25, -0.2) is 9.48 Å². The van der Waals surface area contributed by atoms with Gasteiger partial charge in [0.2, 0.25) is 0 Å². The van der Waals surface area contributed by atoms with Crippen molar-refractivity contribution in [1.82, 2.24) is 9.78 Å². The summed E-state index contributed by atoms with van der Waals surface area (Å²) < 4.78 is 64.6. The van der Waals surface area contributed by atoms with Crippen LogP contribution in [0.3, 0.4) is 0 Å². The van der Waals surface area contributed by atoms with Crippen molar-refractivity contribution in [2.75, 3.05) is 0 Å². The number of carbonyl (C=O) groups is 1. The van der Waals surface area contributed by atoms with Gasteiger partial charge in [0.15, 0.2) is 11.4 Å². The summed E-state index contributed by atoms with van der Waals surface area (Å²) in [5.74, 6) is -1.58. The molecule has 0 saturated carbocycles. The number of nitrogens with one attached hydrogen (secondary N) is 1. The first-order chi connectivity index (χ1) is 14.8. The third kappa shape index (κ3) is 4.65. The smallest absolute Gasteiger partial charge is 0.356 e. The van der Waals surface area contributed by atoms with E-state index in [1.165, 1.54) is 12.1 Å². The number of carboxylic acids is 1. The second-order valence-corrected chi connectivity index (χ2v) is 9.21. The van der Waals surface area contributed by atoms with Crippen molar-refractivity contribution >= 4 is 37.6 Å². The van der Waals surface area contributed by atoms with Crippen LogP contribution >= 0.6 is 0 Å². The number of carboxylic acid groups (broad SMARTS) is 1. The highest BCUT2D eigenvalue weighted by molar-refractivity contribution is 7.86. The highest BCUT2D eigenvalue weighted by atomic mass is 32.2. The number of hydrogen-bond donors (Lipinski definition) is 4. The SMILES string of the molecule is Cc1ccc(N=Nc2c(C(=O)O)[nH]n(-c3ccc(S(=O)(=O)O)cc3)c2=O)c(S(=O)(=O)O)c1. The summed E-state index contributed by atoms with van der Waals surface area (Å²) in [6.45, 7) is 1.57. The Morgan fingerprint density at radius 3 is 2.12 bits per heavy atom. The van der Waals surface area contributed by atoms with Crippen LogP contribution in [0.15, 0.2) is 67.3 Å². The molecule has 0 saturated heterocycles. The zero-order valence-electron chi connectivity index (χ0n) is 16.0. The first-order valence-corrected chi connectivity index (χ1v) is 11.3. The predicted molar refractivity (Wildman–Crippen MR) is 108 cm³/mol. The summed E-state index contributed by atoms with van der Waals surface area (Å²) in [7, 11) is -9.16. The van der Waals surface area contributed by atoms with E-state index in [0.29, 0.717) is 5.56 Å². The molecule has 0 aliphatic rings. The molecule has 0 spiro atoms. The summed E-state index contributed by atoms with van der Waals surface area (Å²) in [6, 6.07) is 8.03. The van der Waals surface area contributed by atoms with E-state index in [4.69, 9.17) is 4.55 Å². The molecule has 168 valence electrons. The van der Waals surface area contributed by atoms with Crippen LogP contribution in [0.4, 0.5) is 11.4 Å². The molecule has 0 amide bonds. The first-order valence-electron chi connectivity index (χ1n) is 8.45. The Labute approximate surface area is 180 Å². The molecular formula is C17H14N4O9S2. The lowest BCUT2D eigenvalue weighted by Crippen LogP contribution is -2.14. The summed E-state index contributed by atoms with van der Waals surface area (Å²) in [5, 5.41) is 18.9. The molecule has 15 heteroatoms. The molecule has 0 unspecified atom stereocenters. The molecule has 0 fully saturated rings. The summed E-state index contributed by atoms with van der Waals surface area (Å²) in [5.41, 5.74) is -2.19. The minimum absolute atomic E-state index is 0.0142. The lowest BCUT2D eigenvalue weighted by molar-refractivity contribution is 0.0690. The van der Waals surface area contributed by atoms with Gasteiger partial charge in [-0.2, -0.15) is 16.8 Å². The van der Waals surface area contributed by atoms with E-state index in [0.717, 1.165) is 35.0 Å². The van der Waals surface area contributed by atoms with Crippen molar-refractivity contribution < 1.29 is 35.8 Å². The second-order valence-electron chi connectivity index (χ2n) is 6.40. The highest BCUT2D eigenvalue weighted by Gasteiger charge is 2.22. The second kappa shape index (κ2) is 8.12. The normalized spacial score (nSPS) is 12.3. The molecule has 3 aromatic rings. The van der Waals surface area contributed by atoms with Crippen LogP contribution in [-0.4, -0.2) is 46.8 Å². The third-order valence-electron chi connectivity index (χ3n) is 4.12.